The number of rotatable bonds is 4. The summed E-state index contributed by atoms with van der Waals surface area (Å²) in [5.74, 6) is 0.713. The van der Waals surface area contributed by atoms with E-state index in [-0.39, 0.29) is 5.91 Å². The molecule has 4 nitrogen and oxygen atoms in total. The number of anilines is 2. The predicted octanol–water partition coefficient (Wildman–Crippen LogP) is 2.77. The number of carbonyl (C=O) groups excluding carboxylic acids is 1. The van der Waals surface area contributed by atoms with Crippen LogP contribution in [-0.4, -0.2) is 13.0 Å². The fourth-order valence-corrected chi connectivity index (χ4v) is 1.91. The van der Waals surface area contributed by atoms with Crippen LogP contribution in [-0.2, 0) is 11.2 Å². The van der Waals surface area contributed by atoms with E-state index in [0.717, 1.165) is 22.6 Å². The summed E-state index contributed by atoms with van der Waals surface area (Å²) in [6.45, 7) is 1.89. The Hall–Kier alpha value is -2.49. The first-order valence-electron chi connectivity index (χ1n) is 6.38. The van der Waals surface area contributed by atoms with Crippen molar-refractivity contribution in [2.24, 2.45) is 0 Å². The van der Waals surface area contributed by atoms with Crippen LogP contribution in [0.4, 0.5) is 11.4 Å². The van der Waals surface area contributed by atoms with Crippen LogP contribution in [0.5, 0.6) is 5.75 Å². The molecular weight excluding hydrogens is 252 g/mol. The average molecular weight is 270 g/mol. The summed E-state index contributed by atoms with van der Waals surface area (Å²) in [5.41, 5.74) is 9.06. The van der Waals surface area contributed by atoms with Gasteiger partial charge in [0.05, 0.1) is 13.5 Å². The van der Waals surface area contributed by atoms with Crippen molar-refractivity contribution >= 4 is 17.3 Å². The van der Waals surface area contributed by atoms with Crippen molar-refractivity contribution in [2.75, 3.05) is 18.2 Å². The van der Waals surface area contributed by atoms with Crippen LogP contribution in [0.25, 0.3) is 0 Å². The van der Waals surface area contributed by atoms with Crippen LogP contribution in [0.15, 0.2) is 42.5 Å². The molecule has 0 fully saturated rings. The number of nitrogens with two attached hydrogens (primary N) is 1. The molecule has 104 valence electrons. The van der Waals surface area contributed by atoms with Gasteiger partial charge in [-0.15, -0.1) is 0 Å². The molecule has 0 radical (unpaired) electrons. The van der Waals surface area contributed by atoms with Crippen molar-refractivity contribution in [3.05, 3.63) is 53.6 Å². The largest absolute Gasteiger partial charge is 0.497 e. The summed E-state index contributed by atoms with van der Waals surface area (Å²) in [6.07, 6.45) is 0.318. The fraction of sp³-hybridized carbons (Fsp3) is 0.188. The van der Waals surface area contributed by atoms with Gasteiger partial charge in [-0.05, 0) is 42.3 Å². The van der Waals surface area contributed by atoms with Crippen molar-refractivity contribution in [3.63, 3.8) is 0 Å². The Bertz CT molecular complexity index is 606. The molecule has 2 aromatic rings. The minimum atomic E-state index is -0.0659. The van der Waals surface area contributed by atoms with Gasteiger partial charge in [0.25, 0.3) is 0 Å². The summed E-state index contributed by atoms with van der Waals surface area (Å²) in [7, 11) is 1.62. The lowest BCUT2D eigenvalue weighted by atomic mass is 10.1. The maximum absolute atomic E-state index is 12.0. The highest BCUT2D eigenvalue weighted by atomic mass is 16.5. The Kier molecular flexibility index (Phi) is 4.25. The molecule has 0 saturated carbocycles. The number of carbonyl (C=O) groups is 1. The third kappa shape index (κ3) is 3.29. The summed E-state index contributed by atoms with van der Waals surface area (Å²) < 4.78 is 5.08. The van der Waals surface area contributed by atoms with Gasteiger partial charge in [0, 0.05) is 11.4 Å². The van der Waals surface area contributed by atoms with Crippen molar-refractivity contribution in [3.8, 4) is 5.75 Å². The van der Waals surface area contributed by atoms with Crippen LogP contribution < -0.4 is 15.8 Å². The van der Waals surface area contributed by atoms with Gasteiger partial charge in [0.15, 0.2) is 0 Å². The number of nitrogens with one attached hydrogen (secondary N) is 1. The van der Waals surface area contributed by atoms with E-state index < -0.39 is 0 Å². The lowest BCUT2D eigenvalue weighted by molar-refractivity contribution is -0.115. The molecule has 0 aliphatic heterocycles. The molecule has 0 spiro atoms. The molecule has 3 N–H and O–H groups in total. The lowest BCUT2D eigenvalue weighted by Crippen LogP contribution is -2.15. The quantitative estimate of drug-likeness (QED) is 0.840. The van der Waals surface area contributed by atoms with E-state index in [1.54, 1.807) is 7.11 Å². The second kappa shape index (κ2) is 6.10. The van der Waals surface area contributed by atoms with Gasteiger partial charge in [-0.25, -0.2) is 0 Å². The highest BCUT2D eigenvalue weighted by Crippen LogP contribution is 2.20. The van der Waals surface area contributed by atoms with Gasteiger partial charge in [-0.1, -0.05) is 18.2 Å². The van der Waals surface area contributed by atoms with Gasteiger partial charge >= 0.3 is 0 Å². The number of hydrogen-bond donors (Lipinski definition) is 2. The smallest absolute Gasteiger partial charge is 0.228 e. The third-order valence-corrected chi connectivity index (χ3v) is 3.17. The Morgan fingerprint density at radius 3 is 2.55 bits per heavy atom. The van der Waals surface area contributed by atoms with Crippen molar-refractivity contribution < 1.29 is 9.53 Å². The third-order valence-electron chi connectivity index (χ3n) is 3.17. The van der Waals surface area contributed by atoms with E-state index in [2.05, 4.69) is 5.32 Å². The number of amides is 1. The Morgan fingerprint density at radius 1 is 1.20 bits per heavy atom. The number of nitrogen functional groups attached to an aromatic ring is 1. The van der Waals surface area contributed by atoms with E-state index in [9.17, 15) is 4.79 Å². The number of benzene rings is 2. The number of ether oxygens (including phenoxy) is 1. The molecule has 1 amide bonds. The van der Waals surface area contributed by atoms with E-state index in [0.29, 0.717) is 12.1 Å². The van der Waals surface area contributed by atoms with Crippen LogP contribution in [0.3, 0.4) is 0 Å². The number of methoxy groups -OCH3 is 1. The van der Waals surface area contributed by atoms with Gasteiger partial charge in [0.2, 0.25) is 5.91 Å². The first-order chi connectivity index (χ1) is 9.60. The van der Waals surface area contributed by atoms with E-state index in [1.165, 1.54) is 0 Å². The molecule has 2 rings (SSSR count). The Morgan fingerprint density at radius 2 is 1.90 bits per heavy atom. The summed E-state index contributed by atoms with van der Waals surface area (Å²) in [4.78, 5) is 12.0. The summed E-state index contributed by atoms with van der Waals surface area (Å²) in [6, 6.07) is 12.9. The SMILES string of the molecule is COc1ccc(CC(=O)Nc2cccc(N)c2C)cc1. The average Bonchev–Trinajstić information content (AvgIpc) is 2.45. The molecule has 0 aliphatic rings. The zero-order valence-corrected chi connectivity index (χ0v) is 11.6. The zero-order valence-electron chi connectivity index (χ0n) is 11.6. The van der Waals surface area contributed by atoms with Crippen molar-refractivity contribution in [1.82, 2.24) is 0 Å². The minimum absolute atomic E-state index is 0.0659. The molecular formula is C16H18N2O2. The van der Waals surface area contributed by atoms with Crippen molar-refractivity contribution in [2.45, 2.75) is 13.3 Å². The number of hydrogen-bond acceptors (Lipinski definition) is 3. The maximum atomic E-state index is 12.0. The molecule has 0 aliphatic carbocycles. The molecule has 0 aromatic heterocycles. The van der Waals surface area contributed by atoms with E-state index in [1.807, 2.05) is 49.4 Å². The topological polar surface area (TPSA) is 64.3 Å². The summed E-state index contributed by atoms with van der Waals surface area (Å²) in [5, 5.41) is 2.88. The van der Waals surface area contributed by atoms with Crippen LogP contribution in [0, 0.1) is 6.92 Å². The van der Waals surface area contributed by atoms with Gasteiger partial charge in [0.1, 0.15) is 5.75 Å². The molecule has 0 heterocycles. The van der Waals surface area contributed by atoms with Gasteiger partial charge in [-0.3, -0.25) is 4.79 Å². The predicted molar refractivity (Wildman–Crippen MR) is 80.9 cm³/mol. The maximum Gasteiger partial charge on any atom is 0.228 e. The first-order valence-corrected chi connectivity index (χ1v) is 6.38. The molecule has 4 heteroatoms. The monoisotopic (exact) mass is 270 g/mol. The second-order valence-corrected chi connectivity index (χ2v) is 4.59. The molecule has 0 bridgehead atoms. The second-order valence-electron chi connectivity index (χ2n) is 4.59. The van der Waals surface area contributed by atoms with E-state index in [4.69, 9.17) is 10.5 Å². The Balaban J connectivity index is 2.03. The molecule has 0 saturated heterocycles. The molecule has 0 unspecified atom stereocenters. The molecule has 0 atom stereocenters. The normalized spacial score (nSPS) is 10.1. The zero-order chi connectivity index (χ0) is 14.5. The lowest BCUT2D eigenvalue weighted by Gasteiger charge is -2.10. The molecule has 20 heavy (non-hydrogen) atoms. The standard InChI is InChI=1S/C16H18N2O2/c1-11-14(17)4-3-5-15(11)18-16(19)10-12-6-8-13(20-2)9-7-12/h3-9H,10,17H2,1-2H3,(H,18,19). The highest BCUT2D eigenvalue weighted by Gasteiger charge is 2.07. The summed E-state index contributed by atoms with van der Waals surface area (Å²) >= 11 is 0. The highest BCUT2D eigenvalue weighted by molar-refractivity contribution is 5.93. The van der Waals surface area contributed by atoms with Crippen LogP contribution >= 0.6 is 0 Å². The van der Waals surface area contributed by atoms with E-state index >= 15 is 0 Å². The molecule has 2 aromatic carbocycles. The Labute approximate surface area is 118 Å². The van der Waals surface area contributed by atoms with Crippen LogP contribution in [0.2, 0.25) is 0 Å². The fourth-order valence-electron chi connectivity index (χ4n) is 1.91. The van der Waals surface area contributed by atoms with Crippen LogP contribution in [0.1, 0.15) is 11.1 Å². The minimum Gasteiger partial charge on any atom is -0.497 e. The van der Waals surface area contributed by atoms with Crippen molar-refractivity contribution in [1.29, 1.82) is 0 Å². The van der Waals surface area contributed by atoms with Gasteiger partial charge < -0.3 is 15.8 Å². The first kappa shape index (κ1) is 13.9. The van der Waals surface area contributed by atoms with Gasteiger partial charge in [-0.2, -0.15) is 0 Å².